The van der Waals surface area contributed by atoms with Crippen molar-refractivity contribution in [1.29, 1.82) is 0 Å². The summed E-state index contributed by atoms with van der Waals surface area (Å²) in [5, 5.41) is 0. The summed E-state index contributed by atoms with van der Waals surface area (Å²) >= 11 is -1.03. The summed E-state index contributed by atoms with van der Waals surface area (Å²) in [6.45, 7) is 1.96. The van der Waals surface area contributed by atoms with Crippen LogP contribution in [0.1, 0.15) is 15.2 Å². The fourth-order valence-corrected chi connectivity index (χ4v) is 4.50. The highest BCUT2D eigenvalue weighted by Gasteiger charge is 2.23. The topological polar surface area (TPSA) is 87.7 Å². The second-order valence-corrected chi connectivity index (χ2v) is 7.59. The quantitative estimate of drug-likeness (QED) is 0.476. The zero-order valence-electron chi connectivity index (χ0n) is 15.5. The number of nitrogens with one attached hydrogen (secondary N) is 1. The third-order valence-electron chi connectivity index (χ3n) is 4.24. The van der Waals surface area contributed by atoms with Gasteiger partial charge in [-0.2, -0.15) is 0 Å². The van der Waals surface area contributed by atoms with Gasteiger partial charge in [-0.3, -0.25) is 4.21 Å². The molecule has 0 saturated heterocycles. The largest absolute Gasteiger partial charge is 0.755 e. The van der Waals surface area contributed by atoms with E-state index in [4.69, 9.17) is 9.47 Å². The highest BCUT2D eigenvalue weighted by molar-refractivity contribution is 7.80. The van der Waals surface area contributed by atoms with Crippen molar-refractivity contribution in [3.63, 3.8) is 0 Å². The third kappa shape index (κ3) is 4.09. The summed E-state index contributed by atoms with van der Waals surface area (Å²) in [5.74, 6) is 0.343. The first-order valence-corrected chi connectivity index (χ1v) is 10.2. The second-order valence-electron chi connectivity index (χ2n) is 5.89. The van der Waals surface area contributed by atoms with Crippen LogP contribution < -0.4 is 9.46 Å². The van der Waals surface area contributed by atoms with Gasteiger partial charge in [0, 0.05) is 27.4 Å². The van der Waals surface area contributed by atoms with E-state index in [0.717, 1.165) is 32.9 Å². The Balaban J connectivity index is 2.09. The first kappa shape index (κ1) is 20.1. The predicted molar refractivity (Wildman–Crippen MR) is 110 cm³/mol. The molecule has 0 amide bonds. The van der Waals surface area contributed by atoms with Gasteiger partial charge >= 0.3 is 5.97 Å². The van der Waals surface area contributed by atoms with Gasteiger partial charge in [0.1, 0.15) is 10.6 Å². The number of anilines is 1. The molecular formula is C20H18NO5S2-. The van der Waals surface area contributed by atoms with Gasteiger partial charge in [-0.15, -0.1) is 11.3 Å². The van der Waals surface area contributed by atoms with Crippen LogP contribution in [0.5, 0.6) is 5.75 Å². The molecule has 1 N–H and O–H groups in total. The van der Waals surface area contributed by atoms with Crippen LogP contribution in [0.15, 0.2) is 48.5 Å². The molecule has 3 aromatic rings. The average molecular weight is 417 g/mol. The molecule has 0 aliphatic heterocycles. The molecule has 1 atom stereocenters. The van der Waals surface area contributed by atoms with E-state index in [1.54, 1.807) is 31.4 Å². The Kier molecular flexibility index (Phi) is 6.13. The van der Waals surface area contributed by atoms with E-state index in [9.17, 15) is 13.6 Å². The second kappa shape index (κ2) is 8.55. The van der Waals surface area contributed by atoms with Crippen LogP contribution in [0, 0.1) is 6.92 Å². The van der Waals surface area contributed by atoms with Crippen LogP contribution in [0.4, 0.5) is 5.69 Å². The van der Waals surface area contributed by atoms with Gasteiger partial charge in [0.15, 0.2) is 0 Å². The molecule has 6 nitrogen and oxygen atoms in total. The van der Waals surface area contributed by atoms with Crippen molar-refractivity contribution in [2.24, 2.45) is 0 Å². The maximum atomic E-state index is 12.4. The molecule has 0 aliphatic rings. The minimum absolute atomic E-state index is 0.411. The summed E-state index contributed by atoms with van der Waals surface area (Å²) in [7, 11) is 2.96. The molecule has 1 aromatic heterocycles. The van der Waals surface area contributed by atoms with E-state index < -0.39 is 17.2 Å². The Hall–Kier alpha value is -2.68. The lowest BCUT2D eigenvalue weighted by Crippen LogP contribution is -2.02. The molecule has 1 heterocycles. The highest BCUT2D eigenvalue weighted by Crippen LogP contribution is 2.42. The van der Waals surface area contributed by atoms with Crippen molar-refractivity contribution in [2.45, 2.75) is 6.92 Å². The molecular weight excluding hydrogens is 398 g/mol. The molecule has 0 bridgehead atoms. The summed E-state index contributed by atoms with van der Waals surface area (Å²) in [6.07, 6.45) is 0. The van der Waals surface area contributed by atoms with E-state index in [1.807, 2.05) is 31.2 Å². The lowest BCUT2D eigenvalue weighted by molar-refractivity contribution is 0.0607. The van der Waals surface area contributed by atoms with Crippen molar-refractivity contribution >= 4 is 34.3 Å². The molecule has 3 rings (SSSR count). The van der Waals surface area contributed by atoms with E-state index in [2.05, 4.69) is 4.72 Å². The Morgan fingerprint density at radius 2 is 1.64 bits per heavy atom. The van der Waals surface area contributed by atoms with Crippen LogP contribution >= 0.6 is 11.3 Å². The molecule has 28 heavy (non-hydrogen) atoms. The lowest BCUT2D eigenvalue weighted by atomic mass is 9.98. The monoisotopic (exact) mass is 416 g/mol. The van der Waals surface area contributed by atoms with Crippen molar-refractivity contribution < 1.29 is 23.0 Å². The minimum Gasteiger partial charge on any atom is -0.755 e. The number of methoxy groups -OCH3 is 2. The van der Waals surface area contributed by atoms with Crippen LogP contribution in [0.2, 0.25) is 0 Å². The maximum Gasteiger partial charge on any atom is 0.348 e. The number of hydrogen-bond acceptors (Lipinski definition) is 6. The number of thiophene rings is 1. The van der Waals surface area contributed by atoms with Crippen molar-refractivity contribution in [1.82, 2.24) is 0 Å². The van der Waals surface area contributed by atoms with Crippen LogP contribution in [-0.2, 0) is 16.0 Å². The SMILES string of the molecule is COC(=O)c1sc(-c2ccc(OC)cc2)c(C)c1-c1ccc(NS(=O)[O-])cc1. The molecule has 0 spiro atoms. The number of hydrogen-bond donors (Lipinski definition) is 1. The molecule has 146 valence electrons. The van der Waals surface area contributed by atoms with Crippen LogP contribution in [0.3, 0.4) is 0 Å². The average Bonchev–Trinajstić information content (AvgIpc) is 3.05. The lowest BCUT2D eigenvalue weighted by Gasteiger charge is -2.10. The number of carbonyl (C=O) groups is 1. The van der Waals surface area contributed by atoms with Gasteiger partial charge in [-0.05, 0) is 60.0 Å². The number of ether oxygens (including phenoxy) is 2. The van der Waals surface area contributed by atoms with Crippen molar-refractivity contribution in [3.8, 4) is 27.3 Å². The standard InChI is InChI=1S/C20H19NO5S2/c1-12-17(13-4-8-15(9-5-13)21-28(23)24)19(20(22)26-3)27-18(12)14-6-10-16(25-2)11-7-14/h4-11,21H,1-3H3,(H,23,24)/p-1. The first-order valence-electron chi connectivity index (χ1n) is 8.27. The van der Waals surface area contributed by atoms with Gasteiger partial charge in [0.25, 0.3) is 0 Å². The van der Waals surface area contributed by atoms with Crippen LogP contribution in [0.25, 0.3) is 21.6 Å². The molecule has 0 saturated carbocycles. The van der Waals surface area contributed by atoms with Crippen molar-refractivity contribution in [3.05, 3.63) is 59.0 Å². The number of esters is 1. The number of benzene rings is 2. The molecule has 1 unspecified atom stereocenters. The Labute approximate surface area is 169 Å². The molecule has 0 radical (unpaired) electrons. The maximum absolute atomic E-state index is 12.4. The summed E-state index contributed by atoms with van der Waals surface area (Å²) in [5.41, 5.74) is 3.94. The molecule has 0 aliphatic carbocycles. The zero-order chi connectivity index (χ0) is 20.3. The summed E-state index contributed by atoms with van der Waals surface area (Å²) < 4.78 is 34.1. The van der Waals surface area contributed by atoms with E-state index in [-0.39, 0.29) is 0 Å². The van der Waals surface area contributed by atoms with E-state index >= 15 is 0 Å². The summed E-state index contributed by atoms with van der Waals surface area (Å²) in [6, 6.07) is 14.5. The summed E-state index contributed by atoms with van der Waals surface area (Å²) in [4.78, 5) is 13.8. The van der Waals surface area contributed by atoms with Crippen molar-refractivity contribution in [2.75, 3.05) is 18.9 Å². The molecule has 0 fully saturated rings. The Bertz CT molecular complexity index is 1010. The number of carbonyl (C=O) groups excluding carboxylic acids is 1. The molecule has 8 heteroatoms. The van der Waals surface area contributed by atoms with Crippen LogP contribution in [-0.4, -0.2) is 29.0 Å². The third-order valence-corrected chi connectivity index (χ3v) is 5.97. The van der Waals surface area contributed by atoms with Gasteiger partial charge < -0.3 is 18.7 Å². The van der Waals surface area contributed by atoms with Gasteiger partial charge in [-0.1, -0.05) is 12.1 Å². The fourth-order valence-electron chi connectivity index (χ4n) is 2.92. The van der Waals surface area contributed by atoms with E-state index in [0.29, 0.717) is 10.6 Å². The number of rotatable bonds is 6. The van der Waals surface area contributed by atoms with Gasteiger partial charge in [-0.25, -0.2) is 4.79 Å². The smallest absolute Gasteiger partial charge is 0.348 e. The molecule has 2 aromatic carbocycles. The van der Waals surface area contributed by atoms with Gasteiger partial charge in [0.05, 0.1) is 14.2 Å². The normalized spacial score (nSPS) is 11.7. The fraction of sp³-hybridized carbons (Fsp3) is 0.150. The Morgan fingerprint density at radius 3 is 2.18 bits per heavy atom. The van der Waals surface area contributed by atoms with Gasteiger partial charge in [0.2, 0.25) is 0 Å². The Morgan fingerprint density at radius 1 is 1.04 bits per heavy atom. The highest BCUT2D eigenvalue weighted by atomic mass is 32.2. The minimum atomic E-state index is -2.39. The predicted octanol–water partition coefficient (Wildman–Crippen LogP) is 4.39. The zero-order valence-corrected chi connectivity index (χ0v) is 17.1. The first-order chi connectivity index (χ1) is 13.4. The van der Waals surface area contributed by atoms with E-state index in [1.165, 1.54) is 18.4 Å².